The Balaban J connectivity index is 2.02. The van der Waals surface area contributed by atoms with E-state index in [1.54, 1.807) is 28.1 Å². The van der Waals surface area contributed by atoms with Crippen LogP contribution in [0.5, 0.6) is 0 Å². The quantitative estimate of drug-likeness (QED) is 0.734. The van der Waals surface area contributed by atoms with E-state index in [-0.39, 0.29) is 6.04 Å². The van der Waals surface area contributed by atoms with Crippen molar-refractivity contribution in [3.63, 3.8) is 0 Å². The Hall–Kier alpha value is -1.66. The van der Waals surface area contributed by atoms with Crippen molar-refractivity contribution in [1.82, 2.24) is 19.6 Å². The molecule has 21 heavy (non-hydrogen) atoms. The van der Waals surface area contributed by atoms with Crippen molar-refractivity contribution in [1.29, 1.82) is 0 Å². The number of fused-ring (bicyclic) bond motifs is 1. The van der Waals surface area contributed by atoms with Crippen LogP contribution in [0, 0.1) is 0 Å². The molecule has 0 bridgehead atoms. The molecule has 0 aliphatic rings. The van der Waals surface area contributed by atoms with Gasteiger partial charge < -0.3 is 5.32 Å². The van der Waals surface area contributed by atoms with Gasteiger partial charge in [0.15, 0.2) is 5.65 Å². The summed E-state index contributed by atoms with van der Waals surface area (Å²) in [4.78, 5) is 8.73. The van der Waals surface area contributed by atoms with E-state index in [0.29, 0.717) is 11.1 Å². The Morgan fingerprint density at radius 1 is 1.33 bits per heavy atom. The monoisotopic (exact) mass is 321 g/mol. The van der Waals surface area contributed by atoms with Crippen LogP contribution in [0.15, 0.2) is 23.8 Å². The van der Waals surface area contributed by atoms with Crippen molar-refractivity contribution in [3.05, 3.63) is 39.6 Å². The molecule has 7 heteroatoms. The molecule has 1 atom stereocenters. The van der Waals surface area contributed by atoms with E-state index in [9.17, 15) is 0 Å². The fraction of sp³-hybridized carbons (Fsp3) is 0.357. The summed E-state index contributed by atoms with van der Waals surface area (Å²) in [6.07, 6.45) is 3.65. The van der Waals surface area contributed by atoms with Gasteiger partial charge in [0.05, 0.1) is 12.2 Å². The van der Waals surface area contributed by atoms with E-state index >= 15 is 0 Å². The molecule has 1 unspecified atom stereocenters. The lowest BCUT2D eigenvalue weighted by molar-refractivity contribution is 0.831. The molecule has 0 fully saturated rings. The van der Waals surface area contributed by atoms with Crippen LogP contribution in [0.25, 0.3) is 5.65 Å². The molecular weight excluding hydrogens is 306 g/mol. The molecule has 0 spiro atoms. The van der Waals surface area contributed by atoms with Gasteiger partial charge in [-0.2, -0.15) is 9.61 Å². The average molecular weight is 322 g/mol. The molecule has 0 aromatic carbocycles. The smallest absolute Gasteiger partial charge is 0.162 e. The van der Waals surface area contributed by atoms with Crippen molar-refractivity contribution >= 4 is 34.4 Å². The largest absolute Gasteiger partial charge is 0.361 e. The van der Waals surface area contributed by atoms with Gasteiger partial charge >= 0.3 is 0 Å². The predicted molar refractivity (Wildman–Crippen MR) is 86.2 cm³/mol. The summed E-state index contributed by atoms with van der Waals surface area (Å²) in [6, 6.07) is 1.87. The molecule has 3 aromatic rings. The second-order valence-electron chi connectivity index (χ2n) is 5.19. The van der Waals surface area contributed by atoms with Crippen molar-refractivity contribution in [2.75, 3.05) is 5.32 Å². The third-order valence-electron chi connectivity index (χ3n) is 3.28. The third kappa shape index (κ3) is 2.73. The number of thiazole rings is 1. The molecule has 0 aliphatic heterocycles. The number of hydrogen-bond acceptors (Lipinski definition) is 5. The minimum atomic E-state index is 0.0818. The van der Waals surface area contributed by atoms with Crippen LogP contribution in [0.2, 0.25) is 5.15 Å². The van der Waals surface area contributed by atoms with Crippen LogP contribution in [0.4, 0.5) is 5.82 Å². The maximum atomic E-state index is 6.16. The fourth-order valence-electron chi connectivity index (χ4n) is 2.19. The van der Waals surface area contributed by atoms with E-state index in [2.05, 4.69) is 41.2 Å². The normalized spacial score (nSPS) is 13.0. The van der Waals surface area contributed by atoms with Gasteiger partial charge in [-0.25, -0.2) is 9.97 Å². The van der Waals surface area contributed by atoms with Crippen LogP contribution in [0.1, 0.15) is 43.3 Å². The minimum Gasteiger partial charge on any atom is -0.361 e. The SMILES string of the molecule is CC(C)c1cnn2c(NC(C)c3nccs3)cc(Cl)nc12. The summed E-state index contributed by atoms with van der Waals surface area (Å²) in [5.74, 6) is 1.16. The maximum Gasteiger partial charge on any atom is 0.162 e. The Kier molecular flexibility index (Phi) is 3.82. The Bertz CT molecular complexity index is 750. The first-order chi connectivity index (χ1) is 10.1. The second-order valence-corrected chi connectivity index (χ2v) is 6.50. The number of hydrogen-bond donors (Lipinski definition) is 1. The Morgan fingerprint density at radius 3 is 2.81 bits per heavy atom. The number of halogens is 1. The van der Waals surface area contributed by atoms with Crippen LogP contribution in [-0.4, -0.2) is 19.6 Å². The number of aromatic nitrogens is 4. The highest BCUT2D eigenvalue weighted by molar-refractivity contribution is 7.09. The first kappa shape index (κ1) is 14.3. The zero-order valence-corrected chi connectivity index (χ0v) is 13.6. The first-order valence-corrected chi connectivity index (χ1v) is 8.02. The topological polar surface area (TPSA) is 55.1 Å². The molecule has 0 aliphatic carbocycles. The van der Waals surface area contributed by atoms with E-state index in [0.717, 1.165) is 22.0 Å². The Morgan fingerprint density at radius 2 is 2.14 bits per heavy atom. The van der Waals surface area contributed by atoms with Crippen LogP contribution >= 0.6 is 22.9 Å². The molecule has 110 valence electrons. The third-order valence-corrected chi connectivity index (χ3v) is 4.43. The lowest BCUT2D eigenvalue weighted by atomic mass is 10.1. The zero-order valence-electron chi connectivity index (χ0n) is 12.0. The van der Waals surface area contributed by atoms with Crippen LogP contribution in [0.3, 0.4) is 0 Å². The number of anilines is 1. The molecule has 0 saturated carbocycles. The molecule has 3 heterocycles. The van der Waals surface area contributed by atoms with Gasteiger partial charge in [-0.1, -0.05) is 25.4 Å². The van der Waals surface area contributed by atoms with Gasteiger partial charge in [0.2, 0.25) is 0 Å². The second kappa shape index (κ2) is 5.61. The number of rotatable bonds is 4. The summed E-state index contributed by atoms with van der Waals surface area (Å²) in [5, 5.41) is 11.3. The molecule has 0 saturated heterocycles. The zero-order chi connectivity index (χ0) is 15.0. The minimum absolute atomic E-state index is 0.0818. The lowest BCUT2D eigenvalue weighted by Crippen LogP contribution is -2.10. The van der Waals surface area contributed by atoms with Crippen molar-refractivity contribution in [2.45, 2.75) is 32.7 Å². The lowest BCUT2D eigenvalue weighted by Gasteiger charge is -2.14. The molecule has 0 amide bonds. The van der Waals surface area contributed by atoms with Gasteiger partial charge in [-0.05, 0) is 12.8 Å². The van der Waals surface area contributed by atoms with E-state index in [4.69, 9.17) is 11.6 Å². The highest BCUT2D eigenvalue weighted by atomic mass is 35.5. The summed E-state index contributed by atoms with van der Waals surface area (Å²) in [5.41, 5.74) is 1.88. The van der Waals surface area contributed by atoms with Crippen molar-refractivity contribution in [2.24, 2.45) is 0 Å². The predicted octanol–water partition coefficient (Wildman–Crippen LogP) is 4.14. The summed E-state index contributed by atoms with van der Waals surface area (Å²) in [7, 11) is 0. The van der Waals surface area contributed by atoms with Crippen LogP contribution < -0.4 is 5.32 Å². The molecule has 5 nitrogen and oxygen atoms in total. The van der Waals surface area contributed by atoms with E-state index in [1.807, 2.05) is 11.6 Å². The van der Waals surface area contributed by atoms with Gasteiger partial charge in [0.25, 0.3) is 0 Å². The number of nitrogens with zero attached hydrogens (tertiary/aromatic N) is 4. The van der Waals surface area contributed by atoms with E-state index < -0.39 is 0 Å². The molecule has 3 aromatic heterocycles. The Labute approximate surface area is 132 Å². The molecule has 3 rings (SSSR count). The van der Waals surface area contributed by atoms with Gasteiger partial charge in [0, 0.05) is 23.2 Å². The van der Waals surface area contributed by atoms with Gasteiger partial charge in [-0.3, -0.25) is 0 Å². The summed E-state index contributed by atoms with van der Waals surface area (Å²) >= 11 is 7.78. The molecular formula is C14H16ClN5S. The highest BCUT2D eigenvalue weighted by Gasteiger charge is 2.15. The molecule has 1 N–H and O–H groups in total. The first-order valence-electron chi connectivity index (χ1n) is 6.76. The van der Waals surface area contributed by atoms with Crippen molar-refractivity contribution < 1.29 is 0 Å². The summed E-state index contributed by atoms with van der Waals surface area (Å²) < 4.78 is 1.80. The standard InChI is InChI=1S/C14H16ClN5S/c1-8(2)10-7-17-20-12(6-11(15)19-13(10)20)18-9(3)14-16-4-5-21-14/h4-9,18H,1-3H3. The van der Waals surface area contributed by atoms with Crippen LogP contribution in [-0.2, 0) is 0 Å². The van der Waals surface area contributed by atoms with Crippen molar-refractivity contribution in [3.8, 4) is 0 Å². The summed E-state index contributed by atoms with van der Waals surface area (Å²) in [6.45, 7) is 6.29. The van der Waals surface area contributed by atoms with Gasteiger partial charge in [-0.15, -0.1) is 11.3 Å². The maximum absolute atomic E-state index is 6.16. The fourth-order valence-corrected chi connectivity index (χ4v) is 3.02. The molecule has 0 radical (unpaired) electrons. The average Bonchev–Trinajstić information content (AvgIpc) is 3.07. The highest BCUT2D eigenvalue weighted by Crippen LogP contribution is 2.26. The van der Waals surface area contributed by atoms with E-state index in [1.165, 1.54) is 0 Å². The number of nitrogens with one attached hydrogen (secondary N) is 1. The van der Waals surface area contributed by atoms with Gasteiger partial charge in [0.1, 0.15) is 16.0 Å².